The molecule has 1 aromatic carbocycles. The number of benzene rings is 1. The molecule has 0 fully saturated rings. The molecule has 107 valence electrons. The summed E-state index contributed by atoms with van der Waals surface area (Å²) in [6.07, 6.45) is 3.66. The second-order valence-corrected chi connectivity index (χ2v) is 2.48. The molecular weight excluding hydrogens is 308 g/mol. The van der Waals surface area contributed by atoms with Crippen LogP contribution >= 0.6 is 0 Å². The molecule has 0 aliphatic carbocycles. The van der Waals surface area contributed by atoms with Crippen LogP contribution in [0.2, 0.25) is 0 Å². The summed E-state index contributed by atoms with van der Waals surface area (Å²) in [4.78, 5) is 16.5. The molecule has 0 unspecified atom stereocenters. The number of hydrogen-bond acceptors (Lipinski definition) is 6. The minimum atomic E-state index is -1.75. The third kappa shape index (κ3) is 18.2. The van der Waals surface area contributed by atoms with E-state index in [9.17, 15) is 0 Å². The van der Waals surface area contributed by atoms with Crippen LogP contribution in [0.4, 0.5) is 0 Å². The van der Waals surface area contributed by atoms with E-state index in [0.29, 0.717) is 0 Å². The number of hydrogen-bond donors (Lipinski definition) is 0. The second kappa shape index (κ2) is 13.7. The molecule has 19 heavy (non-hydrogen) atoms. The fraction of sp³-hybridized carbons (Fsp3) is 0. The van der Waals surface area contributed by atoms with Gasteiger partial charge in [0, 0.05) is 0 Å². The van der Waals surface area contributed by atoms with Gasteiger partial charge < -0.3 is 30.6 Å². The predicted octanol–water partition coefficient (Wildman–Crippen LogP) is 2.49. The van der Waals surface area contributed by atoms with Crippen molar-refractivity contribution in [3.63, 3.8) is 0 Å². The van der Waals surface area contributed by atoms with E-state index in [-0.39, 0.29) is 17.1 Å². The molecule has 0 amide bonds. The van der Waals surface area contributed by atoms with Crippen molar-refractivity contribution in [3.05, 3.63) is 79.2 Å². The van der Waals surface area contributed by atoms with Crippen molar-refractivity contribution < 1.29 is 27.2 Å². The first-order valence-electron chi connectivity index (χ1n) is 4.32. The van der Waals surface area contributed by atoms with Gasteiger partial charge in [-0.2, -0.15) is 0 Å². The molecule has 0 N–H and O–H groups in total. The third-order valence-corrected chi connectivity index (χ3v) is 1.44. The van der Waals surface area contributed by atoms with Crippen molar-refractivity contribution in [1.82, 2.24) is 0 Å². The molecule has 1 radical (unpaired) electrons. The molecule has 0 atom stereocenters. The van der Waals surface area contributed by atoms with E-state index in [2.05, 4.69) is 13.2 Å². The maximum absolute atomic E-state index is 8.25. The largest absolute Gasteiger partial charge is 2.00 e. The van der Waals surface area contributed by atoms with Gasteiger partial charge in [0.2, 0.25) is 0 Å². The van der Waals surface area contributed by atoms with E-state index < -0.39 is 10.2 Å². The van der Waals surface area contributed by atoms with Crippen LogP contribution < -0.4 is 0 Å². The van der Waals surface area contributed by atoms with Crippen molar-refractivity contribution in [2.24, 2.45) is 0 Å². The first-order valence-corrected chi connectivity index (χ1v) is 4.32. The minimum Gasteiger partial charge on any atom is -0.356 e. The van der Waals surface area contributed by atoms with Crippen molar-refractivity contribution in [3.8, 4) is 0 Å². The first kappa shape index (κ1) is 21.9. The Morgan fingerprint density at radius 1 is 0.842 bits per heavy atom. The third-order valence-electron chi connectivity index (χ3n) is 1.44. The summed E-state index contributed by atoms with van der Waals surface area (Å²) < 4.78 is 0. The molecule has 1 rings (SSSR count). The quantitative estimate of drug-likeness (QED) is 0.467. The summed E-state index contributed by atoms with van der Waals surface area (Å²) in [5.74, 6) is 0. The normalized spacial score (nSPS) is 7.16. The fourth-order valence-electron chi connectivity index (χ4n) is 0.883. The molecule has 0 heterocycles. The Bertz CT molecular complexity index is 377. The Morgan fingerprint density at radius 3 is 1.21 bits per heavy atom. The summed E-state index contributed by atoms with van der Waals surface area (Å²) in [6, 6.07) is 8.02. The van der Waals surface area contributed by atoms with Crippen molar-refractivity contribution in [2.75, 3.05) is 0 Å². The summed E-state index contributed by atoms with van der Waals surface area (Å²) in [5.41, 5.74) is 2.27. The molecule has 0 bridgehead atoms. The van der Waals surface area contributed by atoms with Gasteiger partial charge in [0.25, 0.3) is 0 Å². The molecule has 0 aliphatic heterocycles. The second-order valence-electron chi connectivity index (χ2n) is 2.48. The van der Waals surface area contributed by atoms with Gasteiger partial charge in [-0.3, -0.25) is 0 Å². The van der Waals surface area contributed by atoms with E-state index in [1.807, 2.05) is 36.4 Å². The summed E-state index contributed by atoms with van der Waals surface area (Å²) in [6.45, 7) is 7.38. The van der Waals surface area contributed by atoms with Crippen LogP contribution in [0.5, 0.6) is 0 Å². The van der Waals surface area contributed by atoms with Gasteiger partial charge in [0.1, 0.15) is 0 Å². The maximum atomic E-state index is 8.25. The zero-order chi connectivity index (χ0) is 14.6. The predicted molar refractivity (Wildman–Crippen MR) is 67.3 cm³/mol. The van der Waals surface area contributed by atoms with E-state index >= 15 is 0 Å². The number of rotatable bonds is 2. The Labute approximate surface area is 119 Å². The van der Waals surface area contributed by atoms with Crippen LogP contribution in [0.3, 0.4) is 0 Å². The van der Waals surface area contributed by atoms with Crippen molar-refractivity contribution in [2.45, 2.75) is 0 Å². The van der Waals surface area contributed by atoms with E-state index in [0.717, 1.165) is 11.1 Å². The smallest absolute Gasteiger partial charge is 0.356 e. The van der Waals surface area contributed by atoms with Crippen LogP contribution in [0.25, 0.3) is 12.2 Å². The van der Waals surface area contributed by atoms with Gasteiger partial charge in [-0.05, 0) is 11.1 Å². The molecule has 0 aromatic heterocycles. The average Bonchev–Trinajstić information content (AvgIpc) is 2.27. The van der Waals surface area contributed by atoms with Crippen molar-refractivity contribution >= 4 is 12.2 Å². The van der Waals surface area contributed by atoms with Crippen LogP contribution in [-0.4, -0.2) is 10.2 Å². The fourth-order valence-corrected chi connectivity index (χ4v) is 0.883. The molecule has 0 spiro atoms. The molecule has 8 nitrogen and oxygen atoms in total. The average molecular weight is 318 g/mol. The SMILES string of the molecule is C=Cc1ccccc1C=C.O=[N+]([O-])[O-].O=[N+]([O-])[O-].[Cu+2]. The summed E-state index contributed by atoms with van der Waals surface area (Å²) in [7, 11) is 0. The van der Waals surface area contributed by atoms with Crippen LogP contribution in [0.1, 0.15) is 11.1 Å². The molecule has 1 aromatic rings. The van der Waals surface area contributed by atoms with E-state index in [4.69, 9.17) is 30.6 Å². The Kier molecular flexibility index (Phi) is 15.7. The van der Waals surface area contributed by atoms with Crippen LogP contribution in [0.15, 0.2) is 37.4 Å². The first-order chi connectivity index (χ1) is 8.34. The van der Waals surface area contributed by atoms with Gasteiger partial charge in [0.05, 0.1) is 10.2 Å². The van der Waals surface area contributed by atoms with Gasteiger partial charge in [0.15, 0.2) is 0 Å². The van der Waals surface area contributed by atoms with Crippen LogP contribution in [0, 0.1) is 30.6 Å². The van der Waals surface area contributed by atoms with Gasteiger partial charge >= 0.3 is 17.1 Å². The summed E-state index contributed by atoms with van der Waals surface area (Å²) >= 11 is 0. The zero-order valence-corrected chi connectivity index (χ0v) is 10.5. The van der Waals surface area contributed by atoms with E-state index in [1.54, 1.807) is 0 Å². The van der Waals surface area contributed by atoms with Gasteiger partial charge in [-0.1, -0.05) is 49.6 Å². The maximum Gasteiger partial charge on any atom is 2.00 e. The minimum absolute atomic E-state index is 0. The van der Waals surface area contributed by atoms with Gasteiger partial charge in [-0.25, -0.2) is 0 Å². The monoisotopic (exact) mass is 317 g/mol. The zero-order valence-electron chi connectivity index (χ0n) is 9.52. The Morgan fingerprint density at radius 2 is 1.05 bits per heavy atom. The molecule has 9 heteroatoms. The van der Waals surface area contributed by atoms with Crippen molar-refractivity contribution in [1.29, 1.82) is 0 Å². The topological polar surface area (TPSA) is 132 Å². The molecule has 0 aliphatic rings. The van der Waals surface area contributed by atoms with E-state index in [1.165, 1.54) is 0 Å². The Hall–Kier alpha value is -2.38. The Balaban J connectivity index is -0.000000242. The number of nitrogens with zero attached hydrogens (tertiary/aromatic N) is 2. The van der Waals surface area contributed by atoms with Crippen LogP contribution in [-0.2, 0) is 17.1 Å². The molecule has 0 saturated carbocycles. The molecular formula is C10H10CuN2O6. The standard InChI is InChI=1S/C10H10.Cu.2NO3/c1-3-9-7-5-6-8-10(9)4-2;;2*2-1(3)4/h3-8H,1-2H2;;;/q;+2;2*-1. The van der Waals surface area contributed by atoms with Gasteiger partial charge in [-0.15, -0.1) is 0 Å². The summed E-state index contributed by atoms with van der Waals surface area (Å²) in [5, 5.41) is 29.5. The molecule has 0 saturated heterocycles.